The molecule has 1 atom stereocenters. The first kappa shape index (κ1) is 24.8. The second-order valence-corrected chi connectivity index (χ2v) is 11.4. The summed E-state index contributed by atoms with van der Waals surface area (Å²) in [5.41, 5.74) is 12.6. The third-order valence-corrected chi connectivity index (χ3v) is 8.95. The Bertz CT molecular complexity index is 2140. The predicted molar refractivity (Wildman–Crippen MR) is 179 cm³/mol. The number of anilines is 2. The lowest BCUT2D eigenvalue weighted by Crippen LogP contribution is -2.18. The highest BCUT2D eigenvalue weighted by atomic mass is 15.2. The van der Waals surface area contributed by atoms with E-state index in [-0.39, 0.29) is 5.92 Å². The second kappa shape index (κ2) is 9.92. The molecule has 9 rings (SSSR count). The lowest BCUT2D eigenvalue weighted by molar-refractivity contribution is 0.793. The third-order valence-electron chi connectivity index (χ3n) is 8.95. The minimum absolute atomic E-state index is 0.273. The van der Waals surface area contributed by atoms with E-state index in [0.29, 0.717) is 5.95 Å². The van der Waals surface area contributed by atoms with Gasteiger partial charge in [-0.25, -0.2) is 9.97 Å². The SMILES string of the molecule is C1=C2C(Cc3c1n(-c1nc(-c4ccccc4)cc(-c4ccccc4)n1)c1ccccc31)c1ccccc1N2c1ccccc1. The molecule has 1 unspecified atom stereocenters. The van der Waals surface area contributed by atoms with Gasteiger partial charge in [-0.15, -0.1) is 0 Å². The minimum Gasteiger partial charge on any atom is -0.313 e. The highest BCUT2D eigenvalue weighted by Gasteiger charge is 2.39. The molecule has 1 aliphatic heterocycles. The van der Waals surface area contributed by atoms with Gasteiger partial charge in [0.1, 0.15) is 0 Å². The zero-order valence-corrected chi connectivity index (χ0v) is 24.0. The maximum Gasteiger partial charge on any atom is 0.235 e. The van der Waals surface area contributed by atoms with Gasteiger partial charge in [-0.05, 0) is 54.0 Å². The normalized spacial score (nSPS) is 15.0. The molecule has 0 radical (unpaired) electrons. The molecule has 0 amide bonds. The van der Waals surface area contributed by atoms with Gasteiger partial charge in [0.15, 0.2) is 0 Å². The Labute approximate surface area is 256 Å². The van der Waals surface area contributed by atoms with Gasteiger partial charge in [0, 0.05) is 39.5 Å². The van der Waals surface area contributed by atoms with Crippen molar-refractivity contribution in [1.82, 2.24) is 14.5 Å². The molecule has 0 bridgehead atoms. The van der Waals surface area contributed by atoms with Crippen molar-refractivity contribution < 1.29 is 0 Å². The number of benzene rings is 5. The summed E-state index contributed by atoms with van der Waals surface area (Å²) in [4.78, 5) is 12.9. The molecule has 2 aliphatic rings. The van der Waals surface area contributed by atoms with E-state index in [2.05, 4.69) is 149 Å². The Morgan fingerprint density at radius 1 is 0.591 bits per heavy atom. The first-order valence-electron chi connectivity index (χ1n) is 15.1. The van der Waals surface area contributed by atoms with Crippen LogP contribution in [0.15, 0.2) is 151 Å². The number of nitrogens with zero attached hydrogens (tertiary/aromatic N) is 4. The molecule has 2 aromatic heterocycles. The van der Waals surface area contributed by atoms with Crippen LogP contribution in [0, 0.1) is 0 Å². The fourth-order valence-corrected chi connectivity index (χ4v) is 6.99. The van der Waals surface area contributed by atoms with Gasteiger partial charge in [0.25, 0.3) is 0 Å². The van der Waals surface area contributed by atoms with E-state index < -0.39 is 0 Å². The highest BCUT2D eigenvalue weighted by molar-refractivity contribution is 5.93. The Hall–Kier alpha value is -5.74. The van der Waals surface area contributed by atoms with Crippen molar-refractivity contribution >= 4 is 28.4 Å². The van der Waals surface area contributed by atoms with Gasteiger partial charge < -0.3 is 4.90 Å². The van der Waals surface area contributed by atoms with Crippen molar-refractivity contribution in [3.05, 3.63) is 168 Å². The number of hydrogen-bond acceptors (Lipinski definition) is 3. The van der Waals surface area contributed by atoms with Crippen LogP contribution in [0.3, 0.4) is 0 Å². The third kappa shape index (κ3) is 3.85. The van der Waals surface area contributed by atoms with Crippen molar-refractivity contribution in [2.24, 2.45) is 0 Å². The fourth-order valence-electron chi connectivity index (χ4n) is 6.99. The van der Waals surface area contributed by atoms with E-state index in [1.165, 1.54) is 33.6 Å². The topological polar surface area (TPSA) is 34.0 Å². The Balaban J connectivity index is 1.31. The Kier molecular flexibility index (Phi) is 5.60. The zero-order valence-electron chi connectivity index (χ0n) is 24.0. The number of hydrogen-bond donors (Lipinski definition) is 0. The molecule has 0 saturated heterocycles. The minimum atomic E-state index is 0.273. The van der Waals surface area contributed by atoms with E-state index in [4.69, 9.17) is 9.97 Å². The summed E-state index contributed by atoms with van der Waals surface area (Å²) in [5.74, 6) is 0.953. The number of rotatable bonds is 4. The van der Waals surface area contributed by atoms with Gasteiger partial charge in [-0.2, -0.15) is 0 Å². The van der Waals surface area contributed by atoms with Gasteiger partial charge in [-0.1, -0.05) is 115 Å². The molecule has 0 fully saturated rings. The van der Waals surface area contributed by atoms with Gasteiger partial charge in [-0.3, -0.25) is 4.57 Å². The van der Waals surface area contributed by atoms with Gasteiger partial charge in [0.2, 0.25) is 5.95 Å². The van der Waals surface area contributed by atoms with Crippen molar-refractivity contribution in [2.45, 2.75) is 12.3 Å². The summed E-state index contributed by atoms with van der Waals surface area (Å²) < 4.78 is 2.28. The molecule has 4 heteroatoms. The molecule has 3 heterocycles. The number of aromatic nitrogens is 3. The molecule has 0 saturated carbocycles. The molecule has 208 valence electrons. The number of fused-ring (bicyclic) bond motifs is 6. The largest absolute Gasteiger partial charge is 0.313 e. The van der Waals surface area contributed by atoms with Crippen molar-refractivity contribution in [2.75, 3.05) is 4.90 Å². The van der Waals surface area contributed by atoms with Crippen LogP contribution >= 0.6 is 0 Å². The van der Waals surface area contributed by atoms with Crippen LogP contribution in [0.1, 0.15) is 22.7 Å². The summed E-state index contributed by atoms with van der Waals surface area (Å²) >= 11 is 0. The summed E-state index contributed by atoms with van der Waals surface area (Å²) in [7, 11) is 0. The molecule has 7 aromatic rings. The molecular weight excluding hydrogens is 536 g/mol. The maximum absolute atomic E-state index is 5.24. The second-order valence-electron chi connectivity index (χ2n) is 11.4. The molecule has 5 aromatic carbocycles. The molecule has 44 heavy (non-hydrogen) atoms. The van der Waals surface area contributed by atoms with E-state index in [0.717, 1.165) is 40.1 Å². The van der Waals surface area contributed by atoms with E-state index in [9.17, 15) is 0 Å². The van der Waals surface area contributed by atoms with Crippen LogP contribution in [0.2, 0.25) is 0 Å². The van der Waals surface area contributed by atoms with Crippen LogP contribution in [-0.4, -0.2) is 14.5 Å². The van der Waals surface area contributed by atoms with Crippen molar-refractivity contribution in [1.29, 1.82) is 0 Å². The van der Waals surface area contributed by atoms with E-state index in [1.807, 2.05) is 12.1 Å². The van der Waals surface area contributed by atoms with Crippen LogP contribution in [-0.2, 0) is 6.42 Å². The Morgan fingerprint density at radius 3 is 1.89 bits per heavy atom. The van der Waals surface area contributed by atoms with Crippen molar-refractivity contribution in [3.8, 4) is 28.5 Å². The summed E-state index contributed by atoms with van der Waals surface area (Å²) in [6, 6.07) is 51.2. The van der Waals surface area contributed by atoms with Crippen LogP contribution in [0.25, 0.3) is 45.4 Å². The van der Waals surface area contributed by atoms with Crippen LogP contribution < -0.4 is 4.90 Å². The summed E-state index contributed by atoms with van der Waals surface area (Å²) in [5, 5.41) is 1.25. The van der Waals surface area contributed by atoms with Gasteiger partial charge in [0.05, 0.1) is 22.6 Å². The molecular formula is C40H28N4. The lowest BCUT2D eigenvalue weighted by atomic mass is 9.86. The van der Waals surface area contributed by atoms with Crippen LogP contribution in [0.4, 0.5) is 11.4 Å². The number of para-hydroxylation sites is 3. The predicted octanol–water partition coefficient (Wildman–Crippen LogP) is 9.59. The smallest absolute Gasteiger partial charge is 0.235 e. The molecule has 0 spiro atoms. The van der Waals surface area contributed by atoms with Crippen molar-refractivity contribution in [3.63, 3.8) is 0 Å². The van der Waals surface area contributed by atoms with Crippen LogP contribution in [0.5, 0.6) is 0 Å². The quantitative estimate of drug-likeness (QED) is 0.213. The monoisotopic (exact) mass is 564 g/mol. The van der Waals surface area contributed by atoms with Gasteiger partial charge >= 0.3 is 0 Å². The molecule has 0 N–H and O–H groups in total. The summed E-state index contributed by atoms with van der Waals surface area (Å²) in [6.45, 7) is 0. The van der Waals surface area contributed by atoms with E-state index >= 15 is 0 Å². The summed E-state index contributed by atoms with van der Waals surface area (Å²) in [6.07, 6.45) is 3.30. The number of allylic oxidation sites excluding steroid dienone is 1. The van der Waals surface area contributed by atoms with E-state index in [1.54, 1.807) is 0 Å². The fraction of sp³-hybridized carbons (Fsp3) is 0.0500. The first-order chi connectivity index (χ1) is 21.8. The standard InChI is InChI=1S/C40H28N4/c1-4-14-27(15-5-1)34-25-35(28-16-6-2-7-17-28)42-40(41-34)44-37-23-13-11-21-31(37)33-24-32-30-20-10-12-22-36(30)43(38(32)26-39(33)44)29-18-8-3-9-19-29/h1-23,25-26,32H,24H2. The average Bonchev–Trinajstić information content (AvgIpc) is 3.60. The first-order valence-corrected chi connectivity index (χ1v) is 15.1. The molecule has 4 nitrogen and oxygen atoms in total. The zero-order chi connectivity index (χ0) is 29.0. The lowest BCUT2D eigenvalue weighted by Gasteiger charge is -2.27. The average molecular weight is 565 g/mol. The highest BCUT2D eigenvalue weighted by Crippen LogP contribution is 2.53. The maximum atomic E-state index is 5.24. The Morgan fingerprint density at radius 2 is 1.18 bits per heavy atom. The molecule has 1 aliphatic carbocycles.